The van der Waals surface area contributed by atoms with Crippen molar-refractivity contribution in [1.82, 2.24) is 0 Å². The number of benzene rings is 1. The third kappa shape index (κ3) is 3.99. The molecule has 70 valence electrons. The van der Waals surface area contributed by atoms with E-state index in [0.29, 0.717) is 0 Å². The van der Waals surface area contributed by atoms with E-state index in [9.17, 15) is 4.79 Å². The third-order valence-electron chi connectivity index (χ3n) is 1.44. The van der Waals surface area contributed by atoms with Crippen molar-refractivity contribution >= 4 is 40.3 Å². The average molecular weight is 308 g/mol. The van der Waals surface area contributed by atoms with Crippen LogP contribution in [0.3, 0.4) is 0 Å². The number of carboxylic acids is 1. The molecule has 0 unspecified atom stereocenters. The molecule has 0 aliphatic heterocycles. The standard InChI is InChI=1S/C9H9IO2S/c10-5-7-1-3-8(4-2-7)13-6-9(11)12/h1-4H,5-6H2,(H,11,12). The number of alkyl halides is 1. The number of thioether (sulfide) groups is 1. The first-order chi connectivity index (χ1) is 6.22. The molecule has 1 N–H and O–H groups in total. The van der Waals surface area contributed by atoms with Crippen LogP contribution in [0.4, 0.5) is 0 Å². The summed E-state index contributed by atoms with van der Waals surface area (Å²) >= 11 is 3.64. The summed E-state index contributed by atoms with van der Waals surface area (Å²) in [6.45, 7) is 0. The van der Waals surface area contributed by atoms with Crippen LogP contribution in [0.15, 0.2) is 29.2 Å². The van der Waals surface area contributed by atoms with Gasteiger partial charge in [0.15, 0.2) is 0 Å². The quantitative estimate of drug-likeness (QED) is 0.528. The zero-order valence-electron chi connectivity index (χ0n) is 6.87. The molecule has 0 fully saturated rings. The molecule has 0 radical (unpaired) electrons. The molecule has 4 heteroatoms. The van der Waals surface area contributed by atoms with Gasteiger partial charge in [0.2, 0.25) is 0 Å². The predicted octanol–water partition coefficient (Wildman–Crippen LogP) is 2.80. The Hall–Kier alpha value is -0.230. The molecule has 0 amide bonds. The van der Waals surface area contributed by atoms with E-state index in [-0.39, 0.29) is 5.75 Å². The Balaban J connectivity index is 2.54. The van der Waals surface area contributed by atoms with E-state index >= 15 is 0 Å². The summed E-state index contributed by atoms with van der Waals surface area (Å²) in [6.07, 6.45) is 0. The molecule has 2 nitrogen and oxygen atoms in total. The van der Waals surface area contributed by atoms with Crippen LogP contribution in [-0.4, -0.2) is 16.8 Å². The van der Waals surface area contributed by atoms with Gasteiger partial charge in [-0.15, -0.1) is 11.8 Å². The fourth-order valence-corrected chi connectivity index (χ4v) is 1.95. The van der Waals surface area contributed by atoms with Crippen molar-refractivity contribution < 1.29 is 9.90 Å². The lowest BCUT2D eigenvalue weighted by molar-refractivity contribution is -0.133. The van der Waals surface area contributed by atoms with Crippen LogP contribution >= 0.6 is 34.4 Å². The molecule has 1 rings (SSSR count). The van der Waals surface area contributed by atoms with Crippen molar-refractivity contribution in [2.24, 2.45) is 0 Å². The minimum atomic E-state index is -0.775. The summed E-state index contributed by atoms with van der Waals surface area (Å²) in [7, 11) is 0. The first-order valence-electron chi connectivity index (χ1n) is 3.72. The van der Waals surface area contributed by atoms with E-state index in [1.807, 2.05) is 24.3 Å². The molecule has 1 aromatic carbocycles. The number of hydrogen-bond donors (Lipinski definition) is 1. The highest BCUT2D eigenvalue weighted by molar-refractivity contribution is 14.1. The van der Waals surface area contributed by atoms with E-state index in [1.54, 1.807) is 0 Å². The van der Waals surface area contributed by atoms with Gasteiger partial charge in [0.05, 0.1) is 5.75 Å². The van der Waals surface area contributed by atoms with Crippen molar-refractivity contribution in [2.45, 2.75) is 9.32 Å². The monoisotopic (exact) mass is 308 g/mol. The highest BCUT2D eigenvalue weighted by Crippen LogP contribution is 2.18. The largest absolute Gasteiger partial charge is 0.481 e. The van der Waals surface area contributed by atoms with Crippen LogP contribution in [0.1, 0.15) is 5.56 Å². The van der Waals surface area contributed by atoms with E-state index in [0.717, 1.165) is 9.32 Å². The van der Waals surface area contributed by atoms with Crippen molar-refractivity contribution in [3.63, 3.8) is 0 Å². The summed E-state index contributed by atoms with van der Waals surface area (Å²) in [6, 6.07) is 7.97. The molecule has 0 aliphatic rings. The lowest BCUT2D eigenvalue weighted by Gasteiger charge is -1.99. The van der Waals surface area contributed by atoms with Gasteiger partial charge in [0.1, 0.15) is 0 Å². The molecule has 0 bridgehead atoms. The van der Waals surface area contributed by atoms with Gasteiger partial charge in [-0.25, -0.2) is 0 Å². The van der Waals surface area contributed by atoms with Gasteiger partial charge in [-0.3, -0.25) is 4.79 Å². The van der Waals surface area contributed by atoms with E-state index in [1.165, 1.54) is 17.3 Å². The number of halogens is 1. The topological polar surface area (TPSA) is 37.3 Å². The molecule has 1 aromatic rings. The maximum Gasteiger partial charge on any atom is 0.313 e. The first-order valence-corrected chi connectivity index (χ1v) is 6.23. The summed E-state index contributed by atoms with van der Waals surface area (Å²) in [5.41, 5.74) is 1.26. The van der Waals surface area contributed by atoms with E-state index in [2.05, 4.69) is 22.6 Å². The fourth-order valence-electron chi connectivity index (χ4n) is 0.820. The van der Waals surface area contributed by atoms with E-state index < -0.39 is 5.97 Å². The number of rotatable bonds is 4. The molecule has 13 heavy (non-hydrogen) atoms. The van der Waals surface area contributed by atoms with Crippen molar-refractivity contribution in [3.8, 4) is 0 Å². The Morgan fingerprint density at radius 3 is 2.46 bits per heavy atom. The second kappa shape index (κ2) is 5.49. The zero-order chi connectivity index (χ0) is 9.68. The van der Waals surface area contributed by atoms with Gasteiger partial charge in [-0.05, 0) is 17.7 Å². The fraction of sp³-hybridized carbons (Fsp3) is 0.222. The van der Waals surface area contributed by atoms with E-state index in [4.69, 9.17) is 5.11 Å². The molecular formula is C9H9IO2S. The molecule has 0 spiro atoms. The summed E-state index contributed by atoms with van der Waals surface area (Å²) < 4.78 is 0.988. The smallest absolute Gasteiger partial charge is 0.313 e. The van der Waals surface area contributed by atoms with Crippen molar-refractivity contribution in [1.29, 1.82) is 0 Å². The van der Waals surface area contributed by atoms with Gasteiger partial charge >= 0.3 is 5.97 Å². The third-order valence-corrected chi connectivity index (χ3v) is 3.32. The number of hydrogen-bond acceptors (Lipinski definition) is 2. The maximum atomic E-state index is 10.3. The summed E-state index contributed by atoms with van der Waals surface area (Å²) in [5.74, 6) is -0.646. The maximum absolute atomic E-state index is 10.3. The minimum absolute atomic E-state index is 0.129. The van der Waals surface area contributed by atoms with Crippen LogP contribution in [0.2, 0.25) is 0 Å². The predicted molar refractivity (Wildman–Crippen MR) is 62.5 cm³/mol. The highest BCUT2D eigenvalue weighted by atomic mass is 127. The van der Waals surface area contributed by atoms with Crippen molar-refractivity contribution in [3.05, 3.63) is 29.8 Å². The minimum Gasteiger partial charge on any atom is -0.481 e. The SMILES string of the molecule is O=C(O)CSc1ccc(CI)cc1. The number of aliphatic carboxylic acids is 1. The Bertz CT molecular complexity index is 284. The van der Waals surface area contributed by atoms with Gasteiger partial charge in [-0.2, -0.15) is 0 Å². The summed E-state index contributed by atoms with van der Waals surface area (Å²) in [4.78, 5) is 11.3. The molecule has 0 aromatic heterocycles. The average Bonchev–Trinajstić information content (AvgIpc) is 2.15. The number of carbonyl (C=O) groups is 1. The summed E-state index contributed by atoms with van der Waals surface area (Å²) in [5, 5.41) is 8.45. The molecule has 0 aliphatic carbocycles. The van der Waals surface area contributed by atoms with Crippen LogP contribution in [0.25, 0.3) is 0 Å². The van der Waals surface area contributed by atoms with Gasteiger partial charge in [0, 0.05) is 9.32 Å². The van der Waals surface area contributed by atoms with Crippen LogP contribution in [0.5, 0.6) is 0 Å². The molecule has 0 heterocycles. The van der Waals surface area contributed by atoms with Crippen LogP contribution < -0.4 is 0 Å². The highest BCUT2D eigenvalue weighted by Gasteiger charge is 1.98. The molecule has 0 saturated carbocycles. The first kappa shape index (κ1) is 10.8. The second-order valence-corrected chi connectivity index (χ2v) is 4.27. The lowest BCUT2D eigenvalue weighted by atomic mass is 10.2. The molecule has 0 atom stereocenters. The lowest BCUT2D eigenvalue weighted by Crippen LogP contribution is -1.97. The molecule has 0 saturated heterocycles. The number of carboxylic acid groups (broad SMARTS) is 1. The van der Waals surface area contributed by atoms with Gasteiger partial charge in [-0.1, -0.05) is 34.7 Å². The van der Waals surface area contributed by atoms with Crippen LogP contribution in [-0.2, 0) is 9.22 Å². The van der Waals surface area contributed by atoms with Gasteiger partial charge in [0.25, 0.3) is 0 Å². The van der Waals surface area contributed by atoms with Crippen LogP contribution in [0, 0.1) is 0 Å². The Morgan fingerprint density at radius 2 is 2.00 bits per heavy atom. The Morgan fingerprint density at radius 1 is 1.38 bits per heavy atom. The van der Waals surface area contributed by atoms with Crippen molar-refractivity contribution in [2.75, 3.05) is 5.75 Å². The Labute approximate surface area is 94.9 Å². The Kier molecular flexibility index (Phi) is 4.58. The molecular weight excluding hydrogens is 299 g/mol. The zero-order valence-corrected chi connectivity index (χ0v) is 9.84. The second-order valence-electron chi connectivity index (χ2n) is 2.46. The normalized spacial score (nSPS) is 9.92. The van der Waals surface area contributed by atoms with Gasteiger partial charge < -0.3 is 5.11 Å².